The molecular formula is C44H42FN9O4. The summed E-state index contributed by atoms with van der Waals surface area (Å²) in [5, 5.41) is 16.2. The molecule has 1 fully saturated rings. The van der Waals surface area contributed by atoms with Crippen molar-refractivity contribution in [3.8, 4) is 11.1 Å². The van der Waals surface area contributed by atoms with Crippen LogP contribution in [0.2, 0.25) is 0 Å². The molecule has 4 aromatic heterocycles. The predicted molar refractivity (Wildman–Crippen MR) is 221 cm³/mol. The Kier molecular flexibility index (Phi) is 10.2. The summed E-state index contributed by atoms with van der Waals surface area (Å²) in [6, 6.07) is 21.3. The summed E-state index contributed by atoms with van der Waals surface area (Å²) in [6.45, 7) is 9.55. The number of hydrogen-bond acceptors (Lipinski definition) is 8. The summed E-state index contributed by atoms with van der Waals surface area (Å²) in [5.74, 6) is -0.579. The highest BCUT2D eigenvalue weighted by atomic mass is 19.1. The highest BCUT2D eigenvalue weighted by Gasteiger charge is 2.26. The topological polar surface area (TPSA) is 162 Å². The van der Waals surface area contributed by atoms with E-state index < -0.39 is 11.7 Å². The quantitative estimate of drug-likeness (QED) is 0.165. The normalized spacial score (nSPS) is 13.1. The predicted octanol–water partition coefficient (Wildman–Crippen LogP) is 5.84. The number of hydrogen-bond donors (Lipinski definition) is 3. The number of benzene rings is 3. The highest BCUT2D eigenvalue weighted by Crippen LogP contribution is 2.30. The van der Waals surface area contributed by atoms with E-state index in [9.17, 15) is 19.2 Å². The van der Waals surface area contributed by atoms with E-state index in [0.29, 0.717) is 71.1 Å². The largest absolute Gasteiger partial charge is 0.353 e. The third-order valence-electron chi connectivity index (χ3n) is 10.7. The van der Waals surface area contributed by atoms with Crippen LogP contribution >= 0.6 is 0 Å². The Morgan fingerprint density at radius 3 is 2.34 bits per heavy atom. The number of aromatic nitrogens is 6. The van der Waals surface area contributed by atoms with Gasteiger partial charge in [0.1, 0.15) is 11.6 Å². The number of halogens is 1. The molecule has 8 rings (SSSR count). The van der Waals surface area contributed by atoms with Crippen molar-refractivity contribution >= 4 is 39.3 Å². The fraction of sp³-hybridized carbons (Fsp3) is 0.250. The lowest BCUT2D eigenvalue weighted by molar-refractivity contribution is 0.0741. The van der Waals surface area contributed by atoms with Crippen LogP contribution in [0.4, 0.5) is 10.2 Å². The average molecular weight is 780 g/mol. The van der Waals surface area contributed by atoms with Crippen molar-refractivity contribution in [3.63, 3.8) is 0 Å². The van der Waals surface area contributed by atoms with Gasteiger partial charge >= 0.3 is 0 Å². The zero-order valence-electron chi connectivity index (χ0n) is 32.6. The molecule has 1 aliphatic heterocycles. The lowest BCUT2D eigenvalue weighted by Crippen LogP contribution is -2.49. The van der Waals surface area contributed by atoms with Crippen LogP contribution in [-0.4, -0.2) is 72.8 Å². The summed E-state index contributed by atoms with van der Waals surface area (Å²) >= 11 is 0. The van der Waals surface area contributed by atoms with E-state index in [2.05, 4.69) is 30.5 Å². The summed E-state index contributed by atoms with van der Waals surface area (Å²) in [7, 11) is 0. The molecule has 7 aromatic rings. The summed E-state index contributed by atoms with van der Waals surface area (Å²) in [6.07, 6.45) is 3.78. The third kappa shape index (κ3) is 7.36. The van der Waals surface area contributed by atoms with Crippen molar-refractivity contribution in [2.24, 2.45) is 0 Å². The zero-order valence-corrected chi connectivity index (χ0v) is 32.6. The molecule has 0 saturated carbocycles. The first-order valence-corrected chi connectivity index (χ1v) is 19.2. The van der Waals surface area contributed by atoms with Crippen molar-refractivity contribution in [1.29, 1.82) is 0 Å². The van der Waals surface area contributed by atoms with Crippen molar-refractivity contribution in [1.82, 2.24) is 40.2 Å². The molecule has 2 amide bonds. The van der Waals surface area contributed by atoms with Gasteiger partial charge in [0.25, 0.3) is 22.9 Å². The van der Waals surface area contributed by atoms with E-state index in [1.807, 2.05) is 74.8 Å². The van der Waals surface area contributed by atoms with Gasteiger partial charge in [-0.05, 0) is 92.9 Å². The Morgan fingerprint density at radius 1 is 0.845 bits per heavy atom. The molecule has 294 valence electrons. The van der Waals surface area contributed by atoms with Crippen molar-refractivity contribution in [2.75, 3.05) is 31.1 Å². The molecule has 0 aliphatic carbocycles. The minimum Gasteiger partial charge on any atom is -0.353 e. The Morgan fingerprint density at radius 2 is 1.62 bits per heavy atom. The number of aryl methyl sites for hydroxylation is 2. The number of piperazine rings is 1. The second-order valence-electron chi connectivity index (χ2n) is 15.0. The number of rotatable bonds is 9. The van der Waals surface area contributed by atoms with Crippen LogP contribution in [0, 0.1) is 19.7 Å². The first kappa shape index (κ1) is 37.9. The lowest BCUT2D eigenvalue weighted by atomic mass is 10.0. The number of nitrogens with one attached hydrogen (secondary N) is 3. The molecule has 5 heterocycles. The van der Waals surface area contributed by atoms with Gasteiger partial charge in [-0.2, -0.15) is 10.2 Å². The number of H-pyrrole nitrogens is 2. The number of fused-ring (bicyclic) bond motifs is 2. The smallest absolute Gasteiger partial charge is 0.272 e. The molecule has 58 heavy (non-hydrogen) atoms. The van der Waals surface area contributed by atoms with Crippen LogP contribution in [0.1, 0.15) is 68.7 Å². The molecule has 0 radical (unpaired) electrons. The molecule has 14 heteroatoms. The Labute approximate surface area is 332 Å². The van der Waals surface area contributed by atoms with Gasteiger partial charge in [0.15, 0.2) is 0 Å². The first-order chi connectivity index (χ1) is 27.9. The number of aromatic amines is 2. The Hall–Kier alpha value is -6.96. The van der Waals surface area contributed by atoms with Crippen LogP contribution in [0.3, 0.4) is 0 Å². The number of carbonyl (C=O) groups excluding carboxylic acids is 2. The van der Waals surface area contributed by atoms with Gasteiger partial charge in [-0.3, -0.25) is 23.9 Å². The van der Waals surface area contributed by atoms with Crippen LogP contribution in [0.5, 0.6) is 0 Å². The molecule has 0 atom stereocenters. The van der Waals surface area contributed by atoms with E-state index in [4.69, 9.17) is 4.98 Å². The molecule has 0 unspecified atom stereocenters. The maximum absolute atomic E-state index is 15.1. The van der Waals surface area contributed by atoms with Crippen molar-refractivity contribution in [3.05, 3.63) is 151 Å². The lowest BCUT2D eigenvalue weighted by Gasteiger charge is -2.35. The van der Waals surface area contributed by atoms with Crippen molar-refractivity contribution in [2.45, 2.75) is 46.7 Å². The van der Waals surface area contributed by atoms with Crippen LogP contribution in [0.15, 0.2) is 94.8 Å². The molecule has 3 N–H and O–H groups in total. The van der Waals surface area contributed by atoms with Gasteiger partial charge in [-0.25, -0.2) is 14.5 Å². The Bertz CT molecular complexity index is 2840. The number of anilines is 1. The molecule has 1 aliphatic rings. The number of pyridine rings is 2. The maximum atomic E-state index is 15.1. The standard InChI is InChI=1S/C44H42FN9O4/c1-25(2)54-39-21-30(20-33(36(39)24-48-54)41(55)47-23-35-26(3)17-27(4)49-42(35)56)29-10-12-40(46-22-29)52-13-15-53(16-14-52)44(58)34-18-28(9-11-37(34)45)19-38-31-7-5-6-8-32(31)43(57)51-50-38/h5-12,17-18,20-22,24-25H,13-16,19,23H2,1-4H3,(H,47,55)(H,49,56)(H,51,57). The number of carbonyl (C=O) groups is 2. The summed E-state index contributed by atoms with van der Waals surface area (Å²) < 4.78 is 17.0. The fourth-order valence-corrected chi connectivity index (χ4v) is 7.68. The summed E-state index contributed by atoms with van der Waals surface area (Å²) in [5.41, 5.74) is 5.70. The van der Waals surface area contributed by atoms with Gasteiger partial charge in [0.05, 0.1) is 33.9 Å². The monoisotopic (exact) mass is 779 g/mol. The van der Waals surface area contributed by atoms with E-state index in [0.717, 1.165) is 33.7 Å². The van der Waals surface area contributed by atoms with Crippen LogP contribution < -0.4 is 21.3 Å². The zero-order chi connectivity index (χ0) is 40.7. The average Bonchev–Trinajstić information content (AvgIpc) is 3.66. The minimum absolute atomic E-state index is 0.00934. The highest BCUT2D eigenvalue weighted by molar-refractivity contribution is 6.08. The molecule has 0 bridgehead atoms. The van der Waals surface area contributed by atoms with E-state index in [1.165, 1.54) is 6.07 Å². The van der Waals surface area contributed by atoms with Crippen LogP contribution in [0.25, 0.3) is 32.8 Å². The van der Waals surface area contributed by atoms with Crippen molar-refractivity contribution < 1.29 is 14.0 Å². The number of nitrogens with zero attached hydrogens (tertiary/aromatic N) is 6. The maximum Gasteiger partial charge on any atom is 0.272 e. The van der Waals surface area contributed by atoms with Gasteiger partial charge in [-0.1, -0.05) is 24.3 Å². The first-order valence-electron chi connectivity index (χ1n) is 19.2. The second-order valence-corrected chi connectivity index (χ2v) is 15.0. The van der Waals surface area contributed by atoms with E-state index in [1.54, 1.807) is 41.6 Å². The SMILES string of the molecule is Cc1cc(C)c(CNC(=O)c2cc(-c3ccc(N4CCN(C(=O)c5cc(Cc6n[nH]c(=O)c7ccccc67)ccc5F)CC4)nc3)cc3c2cnn3C(C)C)c(=O)[nH]1. The third-order valence-corrected chi connectivity index (χ3v) is 10.7. The number of amides is 2. The minimum atomic E-state index is -0.598. The van der Waals surface area contributed by atoms with Gasteiger partial charge in [-0.15, -0.1) is 0 Å². The van der Waals surface area contributed by atoms with Gasteiger partial charge in [0, 0.05) is 79.0 Å². The van der Waals surface area contributed by atoms with Gasteiger partial charge < -0.3 is 20.1 Å². The molecular weight excluding hydrogens is 738 g/mol. The second kappa shape index (κ2) is 15.5. The summed E-state index contributed by atoms with van der Waals surface area (Å²) in [4.78, 5) is 63.6. The Balaban J connectivity index is 0.967. The molecule has 3 aromatic carbocycles. The van der Waals surface area contributed by atoms with E-state index >= 15 is 4.39 Å². The molecule has 1 saturated heterocycles. The fourth-order valence-electron chi connectivity index (χ4n) is 7.68. The molecule has 0 spiro atoms. The van der Waals surface area contributed by atoms with Crippen LogP contribution in [-0.2, 0) is 13.0 Å². The molecule has 13 nitrogen and oxygen atoms in total. The van der Waals surface area contributed by atoms with Gasteiger partial charge in [0.2, 0.25) is 0 Å². The van der Waals surface area contributed by atoms with E-state index in [-0.39, 0.29) is 35.2 Å².